The summed E-state index contributed by atoms with van der Waals surface area (Å²) >= 11 is 0. The number of carbonyl (C=O) groups excluding carboxylic acids is 2. The number of amides is 2. The lowest BCUT2D eigenvalue weighted by Crippen LogP contribution is -2.40. The van der Waals surface area contributed by atoms with Crippen LogP contribution in [-0.4, -0.2) is 67.1 Å². The van der Waals surface area contributed by atoms with Gasteiger partial charge in [-0.05, 0) is 31.4 Å². The Morgan fingerprint density at radius 3 is 2.64 bits per heavy atom. The zero-order valence-corrected chi connectivity index (χ0v) is 15.5. The summed E-state index contributed by atoms with van der Waals surface area (Å²) in [5, 5.41) is 2.82. The molecule has 6 nitrogen and oxygen atoms in total. The summed E-state index contributed by atoms with van der Waals surface area (Å²) in [6.07, 6.45) is -1.92. The molecule has 1 aromatic rings. The van der Waals surface area contributed by atoms with E-state index >= 15 is 0 Å². The smallest absolute Gasteiger partial charge is 0.401 e. The van der Waals surface area contributed by atoms with Crippen molar-refractivity contribution < 1.29 is 27.5 Å². The van der Waals surface area contributed by atoms with E-state index in [0.717, 1.165) is 12.8 Å². The Bertz CT molecular complexity index is 707. The molecule has 1 N–H and O–H groups in total. The van der Waals surface area contributed by atoms with Gasteiger partial charge in [-0.25, -0.2) is 0 Å². The van der Waals surface area contributed by atoms with E-state index in [1.54, 1.807) is 24.3 Å². The quantitative estimate of drug-likeness (QED) is 0.799. The van der Waals surface area contributed by atoms with Crippen LogP contribution in [0.5, 0.6) is 5.75 Å². The third-order valence-electron chi connectivity index (χ3n) is 4.76. The second kappa shape index (κ2) is 8.81. The number of alkyl halides is 3. The molecule has 9 heteroatoms. The van der Waals surface area contributed by atoms with Gasteiger partial charge in [0, 0.05) is 43.9 Å². The summed E-state index contributed by atoms with van der Waals surface area (Å²) in [7, 11) is 0. The molecule has 1 saturated carbocycles. The number of benzene rings is 1. The number of anilines is 1. The third kappa shape index (κ3) is 6.40. The van der Waals surface area contributed by atoms with Gasteiger partial charge in [-0.3, -0.25) is 14.5 Å². The molecule has 28 heavy (non-hydrogen) atoms. The molecule has 1 aliphatic carbocycles. The van der Waals surface area contributed by atoms with E-state index in [1.807, 2.05) is 0 Å². The van der Waals surface area contributed by atoms with E-state index in [-0.39, 0.29) is 37.4 Å². The molecule has 2 amide bonds. The first-order valence-electron chi connectivity index (χ1n) is 9.41. The van der Waals surface area contributed by atoms with Crippen LogP contribution in [0.1, 0.15) is 19.3 Å². The number of nitrogens with one attached hydrogen (secondary N) is 1. The molecule has 154 valence electrons. The van der Waals surface area contributed by atoms with Crippen molar-refractivity contribution in [2.24, 2.45) is 5.92 Å². The van der Waals surface area contributed by atoms with Crippen molar-refractivity contribution in [3.8, 4) is 5.75 Å². The van der Waals surface area contributed by atoms with E-state index in [2.05, 4.69) is 5.32 Å². The van der Waals surface area contributed by atoms with Gasteiger partial charge in [-0.1, -0.05) is 6.07 Å². The minimum Gasteiger partial charge on any atom is -0.484 e. The van der Waals surface area contributed by atoms with Gasteiger partial charge in [0.2, 0.25) is 5.91 Å². The van der Waals surface area contributed by atoms with Gasteiger partial charge in [-0.15, -0.1) is 0 Å². The van der Waals surface area contributed by atoms with E-state index in [9.17, 15) is 22.8 Å². The molecule has 1 heterocycles. The summed E-state index contributed by atoms with van der Waals surface area (Å²) in [5.41, 5.74) is 0.611. The Balaban J connectivity index is 1.46. The minimum absolute atomic E-state index is 0.0128. The van der Waals surface area contributed by atoms with Gasteiger partial charge in [0.15, 0.2) is 6.61 Å². The molecular weight excluding hydrogens is 375 g/mol. The molecule has 2 fully saturated rings. The summed E-state index contributed by atoms with van der Waals surface area (Å²) < 4.78 is 43.1. The number of hydrogen-bond donors (Lipinski definition) is 1. The van der Waals surface area contributed by atoms with Crippen LogP contribution in [0.15, 0.2) is 24.3 Å². The molecular formula is C19H24F3N3O3. The second-order valence-electron chi connectivity index (χ2n) is 7.21. The summed E-state index contributed by atoms with van der Waals surface area (Å²) in [6, 6.07) is 6.82. The Hall–Kier alpha value is -2.29. The lowest BCUT2D eigenvalue weighted by atomic mass is 10.3. The molecule has 0 spiro atoms. The zero-order valence-electron chi connectivity index (χ0n) is 15.5. The Labute approximate surface area is 161 Å². The van der Waals surface area contributed by atoms with Crippen LogP contribution in [0.4, 0.5) is 18.9 Å². The normalized spacial score (nSPS) is 18.5. The van der Waals surface area contributed by atoms with Crippen molar-refractivity contribution in [3.63, 3.8) is 0 Å². The Morgan fingerprint density at radius 2 is 1.93 bits per heavy atom. The molecule has 1 saturated heterocycles. The lowest BCUT2D eigenvalue weighted by molar-refractivity contribution is -0.145. The van der Waals surface area contributed by atoms with E-state index in [4.69, 9.17) is 4.74 Å². The van der Waals surface area contributed by atoms with Gasteiger partial charge < -0.3 is 15.0 Å². The average molecular weight is 399 g/mol. The largest absolute Gasteiger partial charge is 0.484 e. The van der Waals surface area contributed by atoms with Crippen LogP contribution < -0.4 is 10.1 Å². The highest BCUT2D eigenvalue weighted by Gasteiger charge is 2.32. The van der Waals surface area contributed by atoms with Crippen molar-refractivity contribution in [1.29, 1.82) is 0 Å². The second-order valence-corrected chi connectivity index (χ2v) is 7.21. The summed E-state index contributed by atoms with van der Waals surface area (Å²) in [5.74, 6) is 0.268. The molecule has 0 bridgehead atoms. The first-order valence-corrected chi connectivity index (χ1v) is 9.41. The van der Waals surface area contributed by atoms with Gasteiger partial charge in [0.25, 0.3) is 5.91 Å². The van der Waals surface area contributed by atoms with E-state index in [0.29, 0.717) is 30.9 Å². The van der Waals surface area contributed by atoms with E-state index < -0.39 is 12.7 Å². The monoisotopic (exact) mass is 399 g/mol. The number of nitrogens with zero attached hydrogens (tertiary/aromatic N) is 2. The number of rotatable bonds is 6. The van der Waals surface area contributed by atoms with E-state index in [1.165, 1.54) is 9.80 Å². The standard InChI is InChI=1S/C19H24F3N3O3/c20-19(21,22)13-24-7-2-8-25(10-9-24)17(26)12-28-16-4-1-3-15(11-16)23-18(27)14-5-6-14/h1,3-4,11,14H,2,5-10,12-13H2,(H,23,27). The lowest BCUT2D eigenvalue weighted by Gasteiger charge is -2.22. The topological polar surface area (TPSA) is 61.9 Å². The van der Waals surface area contributed by atoms with Gasteiger partial charge in [0.05, 0.1) is 6.54 Å². The number of hydrogen-bond acceptors (Lipinski definition) is 4. The third-order valence-corrected chi connectivity index (χ3v) is 4.76. The molecule has 1 aliphatic heterocycles. The minimum atomic E-state index is -4.23. The fraction of sp³-hybridized carbons (Fsp3) is 0.579. The van der Waals surface area contributed by atoms with Crippen molar-refractivity contribution in [2.75, 3.05) is 44.6 Å². The van der Waals surface area contributed by atoms with Crippen LogP contribution in [0.2, 0.25) is 0 Å². The molecule has 2 aliphatic rings. The fourth-order valence-electron chi connectivity index (χ4n) is 3.12. The number of carbonyl (C=O) groups is 2. The highest BCUT2D eigenvalue weighted by molar-refractivity contribution is 5.94. The maximum Gasteiger partial charge on any atom is 0.401 e. The fourth-order valence-corrected chi connectivity index (χ4v) is 3.12. The van der Waals surface area contributed by atoms with Crippen molar-refractivity contribution in [1.82, 2.24) is 9.80 Å². The van der Waals surface area contributed by atoms with Crippen molar-refractivity contribution in [2.45, 2.75) is 25.4 Å². The van der Waals surface area contributed by atoms with Gasteiger partial charge in [-0.2, -0.15) is 13.2 Å². The van der Waals surface area contributed by atoms with Gasteiger partial charge in [0.1, 0.15) is 5.75 Å². The maximum absolute atomic E-state index is 12.5. The van der Waals surface area contributed by atoms with Crippen molar-refractivity contribution >= 4 is 17.5 Å². The Morgan fingerprint density at radius 1 is 1.14 bits per heavy atom. The number of ether oxygens (including phenoxy) is 1. The molecule has 0 atom stereocenters. The summed E-state index contributed by atoms with van der Waals surface area (Å²) in [6.45, 7) is 0.00874. The Kier molecular flexibility index (Phi) is 6.43. The first-order chi connectivity index (χ1) is 13.3. The highest BCUT2D eigenvalue weighted by Crippen LogP contribution is 2.30. The van der Waals surface area contributed by atoms with Crippen LogP contribution in [0.3, 0.4) is 0 Å². The molecule has 1 aromatic carbocycles. The van der Waals surface area contributed by atoms with Gasteiger partial charge >= 0.3 is 6.18 Å². The maximum atomic E-state index is 12.5. The van der Waals surface area contributed by atoms with Crippen LogP contribution in [-0.2, 0) is 9.59 Å². The summed E-state index contributed by atoms with van der Waals surface area (Å²) in [4.78, 5) is 27.0. The van der Waals surface area contributed by atoms with Crippen LogP contribution in [0, 0.1) is 5.92 Å². The molecule has 0 radical (unpaired) electrons. The molecule has 0 aromatic heterocycles. The highest BCUT2D eigenvalue weighted by atomic mass is 19.4. The molecule has 3 rings (SSSR count). The molecule has 0 unspecified atom stereocenters. The average Bonchev–Trinajstić information content (AvgIpc) is 3.46. The van der Waals surface area contributed by atoms with Crippen LogP contribution in [0.25, 0.3) is 0 Å². The predicted molar refractivity (Wildman–Crippen MR) is 97.0 cm³/mol. The predicted octanol–water partition coefficient (Wildman–Crippen LogP) is 2.51. The van der Waals surface area contributed by atoms with Crippen molar-refractivity contribution in [3.05, 3.63) is 24.3 Å². The number of halogens is 3. The zero-order chi connectivity index (χ0) is 20.1. The SMILES string of the molecule is O=C(Nc1cccc(OCC(=O)N2CCCN(CC(F)(F)F)CC2)c1)C1CC1. The first kappa shape index (κ1) is 20.4. The van der Waals surface area contributed by atoms with Crippen LogP contribution >= 0.6 is 0 Å².